The second kappa shape index (κ2) is 11.0. The number of allylic oxidation sites excluding steroid dienone is 2. The third-order valence-electron chi connectivity index (χ3n) is 19.6. The van der Waals surface area contributed by atoms with Crippen LogP contribution in [0.3, 0.4) is 0 Å². The van der Waals surface area contributed by atoms with Crippen LogP contribution in [0.5, 0.6) is 0 Å². The van der Waals surface area contributed by atoms with Crippen LogP contribution in [0.2, 0.25) is 17.5 Å². The number of nitrogens with zero attached hydrogens (tertiary/aromatic N) is 2. The van der Waals surface area contributed by atoms with E-state index in [2.05, 4.69) is 106 Å². The second-order valence-corrected chi connectivity index (χ2v) is 24.9. The highest BCUT2D eigenvalue weighted by Crippen LogP contribution is 2.76. The van der Waals surface area contributed by atoms with E-state index in [0.29, 0.717) is 51.1 Å². The molecule has 0 amide bonds. The van der Waals surface area contributed by atoms with Gasteiger partial charge in [0.2, 0.25) is 0 Å². The fourth-order valence-electron chi connectivity index (χ4n) is 16.7. The molecule has 3 saturated heterocycles. The summed E-state index contributed by atoms with van der Waals surface area (Å²) in [5.41, 5.74) is 8.19. The van der Waals surface area contributed by atoms with E-state index in [9.17, 15) is 0 Å². The lowest BCUT2D eigenvalue weighted by atomic mass is 9.18. The molecule has 9 rings (SSSR count). The van der Waals surface area contributed by atoms with Crippen molar-refractivity contribution < 1.29 is 0 Å². The highest BCUT2D eigenvalue weighted by molar-refractivity contribution is 6.66. The first-order valence-corrected chi connectivity index (χ1v) is 22.7. The maximum Gasteiger partial charge on any atom is 0.162 e. The van der Waals surface area contributed by atoms with Gasteiger partial charge < -0.3 is 4.90 Å². The van der Waals surface area contributed by atoms with Crippen molar-refractivity contribution in [2.75, 3.05) is 0 Å². The molecule has 4 heterocycles. The molecule has 2 spiro atoms. The first-order chi connectivity index (χ1) is 23.7. The first kappa shape index (κ1) is 36.0. The standard InChI is InChI=1S/C48H79BN2/c1-42(2,3)30-24-33-40-35(26-30)49-36-27-31(43(4,5)6)25-34-41(36)51(46(12,13)48(34)22-18-15-19-23-48)38-29-32(44(7,8)9)28-37(39(38)49)50(40)45(10,11)47(33)20-16-14-17-21-47/h24,30-32,35-40H,14-23,25-29H2,1-13H3. The van der Waals surface area contributed by atoms with Crippen LogP contribution in [0.25, 0.3) is 0 Å². The zero-order valence-corrected chi connectivity index (χ0v) is 35.9. The zero-order valence-electron chi connectivity index (χ0n) is 35.9. The van der Waals surface area contributed by atoms with Crippen molar-refractivity contribution >= 4 is 6.71 Å². The number of fused-ring (bicyclic) bond motifs is 6. The molecule has 0 aromatic heterocycles. The molecule has 0 N–H and O–H groups in total. The molecule has 4 aliphatic heterocycles. The van der Waals surface area contributed by atoms with Crippen molar-refractivity contribution in [3.63, 3.8) is 0 Å². The number of hydrogen-bond acceptors (Lipinski definition) is 2. The van der Waals surface area contributed by atoms with Crippen LogP contribution >= 0.6 is 0 Å². The largest absolute Gasteiger partial charge is 0.367 e. The van der Waals surface area contributed by atoms with E-state index in [1.54, 1.807) is 0 Å². The molecule has 9 atom stereocenters. The molecule has 0 bridgehead atoms. The Bertz CT molecular complexity index is 1480. The van der Waals surface area contributed by atoms with Gasteiger partial charge in [0.05, 0.1) is 0 Å². The van der Waals surface area contributed by atoms with Crippen molar-refractivity contribution in [1.29, 1.82) is 0 Å². The van der Waals surface area contributed by atoms with E-state index in [-0.39, 0.29) is 11.1 Å². The average molecular weight is 695 g/mol. The molecular weight excluding hydrogens is 615 g/mol. The van der Waals surface area contributed by atoms with Crippen molar-refractivity contribution in [2.45, 2.75) is 233 Å². The minimum atomic E-state index is 0.219. The van der Waals surface area contributed by atoms with Gasteiger partial charge in [-0.2, -0.15) is 0 Å². The molecule has 284 valence electrons. The van der Waals surface area contributed by atoms with Gasteiger partial charge in [-0.25, -0.2) is 0 Å². The minimum Gasteiger partial charge on any atom is -0.367 e. The van der Waals surface area contributed by atoms with Crippen molar-refractivity contribution in [2.24, 2.45) is 44.8 Å². The Balaban J connectivity index is 1.31. The molecule has 2 nitrogen and oxygen atoms in total. The van der Waals surface area contributed by atoms with Crippen molar-refractivity contribution in [3.8, 4) is 0 Å². The van der Waals surface area contributed by atoms with Gasteiger partial charge in [-0.3, -0.25) is 4.90 Å². The summed E-state index contributed by atoms with van der Waals surface area (Å²) in [6.45, 7) is 35.4. The van der Waals surface area contributed by atoms with E-state index in [4.69, 9.17) is 0 Å². The lowest BCUT2D eigenvalue weighted by Gasteiger charge is -2.68. The van der Waals surface area contributed by atoms with Gasteiger partial charge in [-0.05, 0) is 148 Å². The molecule has 0 radical (unpaired) electrons. The van der Waals surface area contributed by atoms with Crippen LogP contribution in [0.1, 0.15) is 186 Å². The van der Waals surface area contributed by atoms with E-state index in [0.717, 1.165) is 36.0 Å². The Morgan fingerprint density at radius 1 is 0.627 bits per heavy atom. The molecule has 9 aliphatic rings. The van der Waals surface area contributed by atoms with Crippen LogP contribution < -0.4 is 0 Å². The SMILES string of the molecule is CC(C)(C)C1C=C2C3C(C1)B1C4CC(C(C)(C)C)CC5=C4N(C4CC(C(C)(C)C)CC(C14)N3C(C)(C)C21CCCCC1)C(C)(C)C51CCCCC1. The summed E-state index contributed by atoms with van der Waals surface area (Å²) >= 11 is 0. The average Bonchev–Trinajstić information content (AvgIpc) is 3.35. The van der Waals surface area contributed by atoms with Crippen molar-refractivity contribution in [3.05, 3.63) is 22.9 Å². The predicted octanol–water partition coefficient (Wildman–Crippen LogP) is 13.0. The normalized spacial score (nSPS) is 42.1. The third-order valence-corrected chi connectivity index (χ3v) is 19.6. The minimum absolute atomic E-state index is 0.219. The molecule has 5 aliphatic carbocycles. The van der Waals surface area contributed by atoms with Crippen LogP contribution in [0.4, 0.5) is 0 Å². The van der Waals surface area contributed by atoms with E-state index < -0.39 is 0 Å². The Morgan fingerprint density at radius 2 is 1.20 bits per heavy atom. The molecule has 0 aromatic carbocycles. The second-order valence-electron chi connectivity index (χ2n) is 24.9. The lowest BCUT2D eigenvalue weighted by Crippen LogP contribution is -2.73. The maximum absolute atomic E-state index is 3.37. The smallest absolute Gasteiger partial charge is 0.162 e. The highest BCUT2D eigenvalue weighted by atomic mass is 15.3. The molecular formula is C48H79BN2. The lowest BCUT2D eigenvalue weighted by molar-refractivity contribution is -0.0749. The Hall–Kier alpha value is -0.695. The summed E-state index contributed by atoms with van der Waals surface area (Å²) in [6.07, 6.45) is 24.5. The van der Waals surface area contributed by atoms with Gasteiger partial charge in [0.25, 0.3) is 0 Å². The van der Waals surface area contributed by atoms with Crippen molar-refractivity contribution in [1.82, 2.24) is 9.80 Å². The van der Waals surface area contributed by atoms with Gasteiger partial charge >= 0.3 is 0 Å². The summed E-state index contributed by atoms with van der Waals surface area (Å²) in [6, 6.07) is 2.08. The Kier molecular flexibility index (Phi) is 7.75. The fourth-order valence-corrected chi connectivity index (χ4v) is 16.7. The third kappa shape index (κ3) is 4.57. The molecule has 9 unspecified atom stereocenters. The molecule has 3 saturated carbocycles. The first-order valence-electron chi connectivity index (χ1n) is 22.7. The number of rotatable bonds is 0. The summed E-state index contributed by atoms with van der Waals surface area (Å²) in [5.74, 6) is 4.64. The molecule has 6 fully saturated rings. The van der Waals surface area contributed by atoms with Gasteiger partial charge in [0.15, 0.2) is 6.71 Å². The monoisotopic (exact) mass is 695 g/mol. The maximum atomic E-state index is 3.37. The van der Waals surface area contributed by atoms with Gasteiger partial charge in [-0.1, -0.05) is 107 Å². The number of hydrogen-bond donors (Lipinski definition) is 0. The topological polar surface area (TPSA) is 6.48 Å². The molecule has 51 heavy (non-hydrogen) atoms. The summed E-state index contributed by atoms with van der Waals surface area (Å²) < 4.78 is 0. The summed E-state index contributed by atoms with van der Waals surface area (Å²) in [7, 11) is 0. The van der Waals surface area contributed by atoms with E-state index >= 15 is 0 Å². The fraction of sp³-hybridized carbons (Fsp3) is 0.917. The quantitative estimate of drug-likeness (QED) is 0.184. The van der Waals surface area contributed by atoms with Crippen LogP contribution in [0.15, 0.2) is 22.9 Å². The Labute approximate surface area is 316 Å². The van der Waals surface area contributed by atoms with Crippen LogP contribution in [-0.4, -0.2) is 45.7 Å². The van der Waals surface area contributed by atoms with E-state index in [1.165, 1.54) is 96.3 Å². The van der Waals surface area contributed by atoms with Gasteiger partial charge in [-0.15, -0.1) is 0 Å². The summed E-state index contributed by atoms with van der Waals surface area (Å²) in [4.78, 5) is 6.70. The Morgan fingerprint density at radius 3 is 1.76 bits per heavy atom. The zero-order chi connectivity index (χ0) is 36.5. The molecule has 0 aromatic rings. The highest BCUT2D eigenvalue weighted by Gasteiger charge is 2.75. The van der Waals surface area contributed by atoms with Gasteiger partial charge in [0, 0.05) is 45.7 Å². The van der Waals surface area contributed by atoms with Crippen LogP contribution in [0, 0.1) is 44.8 Å². The molecule has 3 heteroatoms. The summed E-state index contributed by atoms with van der Waals surface area (Å²) in [5, 5.41) is 0. The van der Waals surface area contributed by atoms with Crippen LogP contribution in [-0.2, 0) is 0 Å². The van der Waals surface area contributed by atoms with E-state index in [1.807, 2.05) is 16.8 Å². The van der Waals surface area contributed by atoms with Gasteiger partial charge in [0.1, 0.15) is 0 Å². The predicted molar refractivity (Wildman–Crippen MR) is 218 cm³/mol.